The lowest BCUT2D eigenvalue weighted by Gasteiger charge is -2.32. The summed E-state index contributed by atoms with van der Waals surface area (Å²) >= 11 is 0. The van der Waals surface area contributed by atoms with Gasteiger partial charge >= 0.3 is 13.7 Å². The molecule has 1 aromatic carbocycles. The number of aromatic nitrogens is 4. The van der Waals surface area contributed by atoms with E-state index in [1.807, 2.05) is 6.92 Å². The summed E-state index contributed by atoms with van der Waals surface area (Å²) in [5.74, 6) is 0.435. The summed E-state index contributed by atoms with van der Waals surface area (Å²) in [4.78, 5) is 25.7. The van der Waals surface area contributed by atoms with Crippen LogP contribution >= 0.6 is 7.75 Å². The van der Waals surface area contributed by atoms with Gasteiger partial charge in [0.25, 0.3) is 0 Å². The van der Waals surface area contributed by atoms with E-state index in [9.17, 15) is 14.5 Å². The molecule has 2 N–H and O–H groups in total. The predicted octanol–water partition coefficient (Wildman–Crippen LogP) is 2.69. The molecule has 0 saturated carbocycles. The minimum Gasteiger partial charge on any atom is -0.476 e. The van der Waals surface area contributed by atoms with Crippen LogP contribution in [0.25, 0.3) is 11.2 Å². The molecule has 0 radical (unpaired) electrons. The Kier molecular flexibility index (Phi) is 8.33. The Morgan fingerprint density at radius 2 is 2.02 bits per heavy atom. The minimum atomic E-state index is -4.20. The zero-order chi connectivity index (χ0) is 29.4. The molecular weight excluding hydrogens is 557 g/mol. The number of aryl methyl sites for hydroxylation is 1. The zero-order valence-electron chi connectivity index (χ0n) is 23.4. The predicted molar refractivity (Wildman–Crippen MR) is 144 cm³/mol. The van der Waals surface area contributed by atoms with Crippen molar-refractivity contribution >= 4 is 24.9 Å². The highest BCUT2D eigenvalue weighted by atomic mass is 31.2. The third kappa shape index (κ3) is 5.94. The van der Waals surface area contributed by atoms with Crippen LogP contribution in [0.2, 0.25) is 0 Å². The molecule has 5 rings (SSSR count). The Hall–Kier alpha value is -3.13. The molecule has 0 aliphatic carbocycles. The van der Waals surface area contributed by atoms with Crippen LogP contribution < -0.4 is 14.3 Å². The fraction of sp³-hybridized carbons (Fsp3) is 0.538. The number of hydrogen-bond donors (Lipinski definition) is 2. The van der Waals surface area contributed by atoms with Crippen molar-refractivity contribution in [3.05, 3.63) is 42.5 Å². The van der Waals surface area contributed by atoms with Crippen molar-refractivity contribution < 1.29 is 42.5 Å². The summed E-state index contributed by atoms with van der Waals surface area (Å²) in [6, 6.07) is 7.36. The summed E-state index contributed by atoms with van der Waals surface area (Å²) in [7, 11) is -4.20. The van der Waals surface area contributed by atoms with E-state index in [-0.39, 0.29) is 25.1 Å². The Morgan fingerprint density at radius 1 is 1.27 bits per heavy atom. The van der Waals surface area contributed by atoms with E-state index >= 15 is 0 Å². The van der Waals surface area contributed by atoms with Gasteiger partial charge in [-0.2, -0.15) is 10.1 Å². The Bertz CT molecular complexity index is 1440. The molecule has 0 amide bonds. The summed E-state index contributed by atoms with van der Waals surface area (Å²) < 4.78 is 50.2. The second-order valence-electron chi connectivity index (χ2n) is 10.1. The standard InChI is InChI=1S/C26H34N5O9P/c1-6-35-23-19-22(28-17(5)29-23)31(14-27-19)24-20-21(32)26(39-24,12-36-20)13-37-41(34,40-18-10-8-7-9-11-18)30-16(4)25(33)38-15(2)3/h7-11,14-16,20-21,24,32H,6,12-13H2,1-5H3,(H,30,34)/t16?,20-,21+,24-,26-,41?/m1/s1. The van der Waals surface area contributed by atoms with Crippen molar-refractivity contribution in [1.82, 2.24) is 24.6 Å². The Balaban J connectivity index is 1.38. The van der Waals surface area contributed by atoms with Gasteiger partial charge in [0.2, 0.25) is 5.88 Å². The van der Waals surface area contributed by atoms with Crippen molar-refractivity contribution in [2.75, 3.05) is 19.8 Å². The largest absolute Gasteiger partial charge is 0.476 e. The van der Waals surface area contributed by atoms with Crippen LogP contribution in [0.5, 0.6) is 11.6 Å². The maximum atomic E-state index is 14.0. The lowest BCUT2D eigenvalue weighted by Crippen LogP contribution is -2.46. The molecule has 2 bridgehead atoms. The van der Waals surface area contributed by atoms with E-state index in [1.54, 1.807) is 55.7 Å². The number of hydrogen-bond acceptors (Lipinski definition) is 12. The average Bonchev–Trinajstić information content (AvgIpc) is 3.57. The number of imidazole rings is 1. The fourth-order valence-corrected chi connectivity index (χ4v) is 6.23. The number of carbonyl (C=O) groups excluding carboxylic acids is 1. The van der Waals surface area contributed by atoms with Crippen LogP contribution in [-0.2, 0) is 28.1 Å². The summed E-state index contributed by atoms with van der Waals surface area (Å²) in [5, 5.41) is 13.9. The molecule has 2 unspecified atom stereocenters. The zero-order valence-corrected chi connectivity index (χ0v) is 24.3. The van der Waals surface area contributed by atoms with Gasteiger partial charge in [0.15, 0.2) is 17.4 Å². The number of ether oxygens (including phenoxy) is 4. The first kappa shape index (κ1) is 29.4. The van der Waals surface area contributed by atoms with Crippen molar-refractivity contribution in [1.29, 1.82) is 0 Å². The van der Waals surface area contributed by atoms with E-state index in [2.05, 4.69) is 20.0 Å². The average molecular weight is 592 g/mol. The third-order valence-corrected chi connectivity index (χ3v) is 8.19. The van der Waals surface area contributed by atoms with E-state index in [0.717, 1.165) is 0 Å². The molecule has 14 nitrogen and oxygen atoms in total. The van der Waals surface area contributed by atoms with Gasteiger partial charge in [0.1, 0.15) is 35.4 Å². The monoisotopic (exact) mass is 591 g/mol. The topological polar surface area (TPSA) is 165 Å². The summed E-state index contributed by atoms with van der Waals surface area (Å²) in [6.07, 6.45) is -1.61. The molecule has 41 heavy (non-hydrogen) atoms. The number of nitrogens with one attached hydrogen (secondary N) is 1. The minimum absolute atomic E-state index is 0.0313. The lowest BCUT2D eigenvalue weighted by molar-refractivity contribution is -0.183. The number of carbonyl (C=O) groups is 1. The van der Waals surface area contributed by atoms with Gasteiger partial charge in [0.05, 0.1) is 32.3 Å². The quantitative estimate of drug-likeness (QED) is 0.233. The van der Waals surface area contributed by atoms with Gasteiger partial charge in [0, 0.05) is 0 Å². The second-order valence-corrected chi connectivity index (χ2v) is 11.8. The third-order valence-electron chi connectivity index (χ3n) is 6.57. The van der Waals surface area contributed by atoms with Crippen LogP contribution in [-0.4, -0.2) is 80.4 Å². The number of esters is 1. The normalized spacial score (nSPS) is 25.8. The van der Waals surface area contributed by atoms with E-state index < -0.39 is 43.8 Å². The SMILES string of the molecule is CCOc1nc(C)nc2c1ncn2[C@@H]1O[C@@]2(COP(=O)(NC(C)C(=O)OC(C)C)Oc3ccccc3)CO[C@@H]1[C@@H]2O. The molecule has 3 aromatic rings. The Labute approximate surface area is 236 Å². The van der Waals surface area contributed by atoms with E-state index in [4.69, 9.17) is 28.0 Å². The number of aliphatic hydroxyl groups is 1. The van der Waals surface area contributed by atoms with Gasteiger partial charge in [-0.3, -0.25) is 13.9 Å². The molecule has 2 aliphatic rings. The number of aliphatic hydroxyl groups excluding tert-OH is 1. The van der Waals surface area contributed by atoms with Gasteiger partial charge < -0.3 is 28.6 Å². The van der Waals surface area contributed by atoms with Gasteiger partial charge in [-0.15, -0.1) is 0 Å². The smallest absolute Gasteiger partial charge is 0.459 e. The maximum absolute atomic E-state index is 14.0. The van der Waals surface area contributed by atoms with Crippen LogP contribution in [0, 0.1) is 6.92 Å². The van der Waals surface area contributed by atoms with E-state index in [0.29, 0.717) is 29.5 Å². The molecular formula is C26H34N5O9P. The summed E-state index contributed by atoms with van der Waals surface area (Å²) in [5.41, 5.74) is -0.506. The molecule has 2 saturated heterocycles. The number of benzene rings is 1. The van der Waals surface area contributed by atoms with Gasteiger partial charge in [-0.1, -0.05) is 18.2 Å². The molecule has 6 atom stereocenters. The summed E-state index contributed by atoms with van der Waals surface area (Å²) in [6.45, 7) is 8.47. The first-order chi connectivity index (χ1) is 19.5. The first-order valence-electron chi connectivity index (χ1n) is 13.3. The van der Waals surface area contributed by atoms with Crippen molar-refractivity contribution in [3.63, 3.8) is 0 Å². The maximum Gasteiger partial charge on any atom is 0.459 e. The molecule has 2 aliphatic heterocycles. The van der Waals surface area contributed by atoms with Crippen LogP contribution in [0.15, 0.2) is 36.7 Å². The van der Waals surface area contributed by atoms with Crippen LogP contribution in [0.3, 0.4) is 0 Å². The Morgan fingerprint density at radius 3 is 2.73 bits per heavy atom. The molecule has 0 spiro atoms. The fourth-order valence-electron chi connectivity index (χ4n) is 4.69. The molecule has 222 valence electrons. The highest BCUT2D eigenvalue weighted by Gasteiger charge is 2.63. The van der Waals surface area contributed by atoms with Crippen molar-refractivity contribution in [2.45, 2.75) is 70.8 Å². The molecule has 2 fully saturated rings. The van der Waals surface area contributed by atoms with Crippen LogP contribution in [0.1, 0.15) is 39.7 Å². The first-order valence-corrected chi connectivity index (χ1v) is 14.9. The molecule has 15 heteroatoms. The number of nitrogens with zero attached hydrogens (tertiary/aromatic N) is 4. The number of rotatable bonds is 12. The molecule has 2 aromatic heterocycles. The van der Waals surface area contributed by atoms with E-state index in [1.165, 1.54) is 13.3 Å². The lowest BCUT2D eigenvalue weighted by atomic mass is 10.0. The highest BCUT2D eigenvalue weighted by molar-refractivity contribution is 7.52. The molecule has 4 heterocycles. The number of fused-ring (bicyclic) bond motifs is 3. The van der Waals surface area contributed by atoms with Crippen molar-refractivity contribution in [3.8, 4) is 11.6 Å². The van der Waals surface area contributed by atoms with Gasteiger partial charge in [-0.25, -0.2) is 14.5 Å². The highest BCUT2D eigenvalue weighted by Crippen LogP contribution is 2.51. The van der Waals surface area contributed by atoms with Crippen LogP contribution in [0.4, 0.5) is 0 Å². The van der Waals surface area contributed by atoms with Crippen molar-refractivity contribution in [2.24, 2.45) is 0 Å². The van der Waals surface area contributed by atoms with Gasteiger partial charge in [-0.05, 0) is 46.8 Å². The number of para-hydroxylation sites is 1. The second kappa shape index (κ2) is 11.6.